The predicted molar refractivity (Wildman–Crippen MR) is 118 cm³/mol. The zero-order chi connectivity index (χ0) is 21.8. The summed E-state index contributed by atoms with van der Waals surface area (Å²) in [5, 5.41) is 2.95. The lowest BCUT2D eigenvalue weighted by atomic mass is 10.1. The third kappa shape index (κ3) is 4.79. The van der Waals surface area contributed by atoms with E-state index in [9.17, 15) is 14.4 Å². The number of carbonyl (C=O) groups is 3. The largest absolute Gasteiger partial charge is 0.348 e. The standard InChI is InChI=1S/C25H29N3O3/c1-18-6-2-3-7-21(18)16-26-23(29)20-12-10-19(11-13-20)17-27-14-15-28(25(31)24(27)30)22-8-4-5-9-22/h2-3,6-7,10-13,22H,4-5,8-9,14-17H2,1H3,(H,26,29). The summed E-state index contributed by atoms with van der Waals surface area (Å²) in [5.74, 6) is -0.921. The lowest BCUT2D eigenvalue weighted by Crippen LogP contribution is -2.56. The Kier molecular flexibility index (Phi) is 6.35. The van der Waals surface area contributed by atoms with Gasteiger partial charge in [-0.2, -0.15) is 0 Å². The number of rotatable bonds is 6. The maximum atomic E-state index is 12.6. The van der Waals surface area contributed by atoms with Crippen molar-refractivity contribution in [1.29, 1.82) is 0 Å². The van der Waals surface area contributed by atoms with E-state index in [1.165, 1.54) is 0 Å². The molecule has 0 bridgehead atoms. The molecule has 6 nitrogen and oxygen atoms in total. The van der Waals surface area contributed by atoms with Gasteiger partial charge in [0.2, 0.25) is 0 Å². The third-order valence-corrected chi connectivity index (χ3v) is 6.40. The maximum absolute atomic E-state index is 12.6. The van der Waals surface area contributed by atoms with Gasteiger partial charge in [-0.3, -0.25) is 14.4 Å². The Hall–Kier alpha value is -3.15. The van der Waals surface area contributed by atoms with E-state index in [0.717, 1.165) is 42.4 Å². The minimum atomic E-state index is -0.418. The van der Waals surface area contributed by atoms with Gasteiger partial charge in [0.05, 0.1) is 0 Å². The van der Waals surface area contributed by atoms with E-state index in [0.29, 0.717) is 31.7 Å². The van der Waals surface area contributed by atoms with Crippen molar-refractivity contribution in [3.63, 3.8) is 0 Å². The number of aryl methyl sites for hydroxylation is 1. The van der Waals surface area contributed by atoms with Crippen LogP contribution in [0.4, 0.5) is 0 Å². The van der Waals surface area contributed by atoms with Crippen molar-refractivity contribution in [2.75, 3.05) is 13.1 Å². The molecule has 1 aliphatic heterocycles. The number of nitrogens with zero attached hydrogens (tertiary/aromatic N) is 2. The van der Waals surface area contributed by atoms with Gasteiger partial charge in [0, 0.05) is 37.8 Å². The fraction of sp³-hybridized carbons (Fsp3) is 0.400. The number of hydrogen-bond donors (Lipinski definition) is 1. The van der Waals surface area contributed by atoms with Crippen molar-refractivity contribution < 1.29 is 14.4 Å². The molecule has 0 atom stereocenters. The van der Waals surface area contributed by atoms with Crippen molar-refractivity contribution in [3.8, 4) is 0 Å². The molecule has 1 heterocycles. The Bertz CT molecular complexity index is 964. The second-order valence-electron chi connectivity index (χ2n) is 8.47. The Morgan fingerprint density at radius 1 is 0.968 bits per heavy atom. The second kappa shape index (κ2) is 9.33. The topological polar surface area (TPSA) is 69.7 Å². The van der Waals surface area contributed by atoms with Gasteiger partial charge >= 0.3 is 11.8 Å². The molecule has 2 fully saturated rings. The molecule has 0 spiro atoms. The van der Waals surface area contributed by atoms with Crippen LogP contribution in [-0.4, -0.2) is 46.7 Å². The normalized spacial score (nSPS) is 17.3. The Balaban J connectivity index is 1.32. The monoisotopic (exact) mass is 419 g/mol. The van der Waals surface area contributed by atoms with Crippen molar-refractivity contribution in [2.24, 2.45) is 0 Å². The Morgan fingerprint density at radius 3 is 2.39 bits per heavy atom. The van der Waals surface area contributed by atoms with Gasteiger partial charge in [-0.05, 0) is 48.6 Å². The molecule has 2 aromatic carbocycles. The number of nitrogens with one attached hydrogen (secondary N) is 1. The van der Waals surface area contributed by atoms with Crippen molar-refractivity contribution in [2.45, 2.75) is 51.7 Å². The highest BCUT2D eigenvalue weighted by atomic mass is 16.2. The van der Waals surface area contributed by atoms with E-state index < -0.39 is 5.91 Å². The fourth-order valence-electron chi connectivity index (χ4n) is 4.47. The molecule has 3 amide bonds. The maximum Gasteiger partial charge on any atom is 0.312 e. The van der Waals surface area contributed by atoms with Gasteiger partial charge in [0.25, 0.3) is 5.91 Å². The van der Waals surface area contributed by atoms with Crippen LogP contribution in [0.15, 0.2) is 48.5 Å². The lowest BCUT2D eigenvalue weighted by Gasteiger charge is -2.37. The number of benzene rings is 2. The smallest absolute Gasteiger partial charge is 0.312 e. The van der Waals surface area contributed by atoms with Gasteiger partial charge in [0.1, 0.15) is 0 Å². The van der Waals surface area contributed by atoms with Crippen LogP contribution in [0, 0.1) is 6.92 Å². The van der Waals surface area contributed by atoms with Crippen LogP contribution in [0.1, 0.15) is 52.7 Å². The van der Waals surface area contributed by atoms with Gasteiger partial charge < -0.3 is 15.1 Å². The molecule has 0 aromatic heterocycles. The summed E-state index contributed by atoms with van der Waals surface area (Å²) in [6.45, 7) is 4.05. The summed E-state index contributed by atoms with van der Waals surface area (Å²) >= 11 is 0. The highest BCUT2D eigenvalue weighted by molar-refractivity contribution is 6.35. The van der Waals surface area contributed by atoms with Crippen molar-refractivity contribution >= 4 is 17.7 Å². The molecule has 1 saturated heterocycles. The van der Waals surface area contributed by atoms with Crippen LogP contribution >= 0.6 is 0 Å². The van der Waals surface area contributed by atoms with Crippen LogP contribution in [-0.2, 0) is 22.7 Å². The molecule has 4 rings (SSSR count). The summed E-state index contributed by atoms with van der Waals surface area (Å²) in [7, 11) is 0. The van der Waals surface area contributed by atoms with E-state index in [1.54, 1.807) is 21.9 Å². The molecular weight excluding hydrogens is 390 g/mol. The first-order valence-corrected chi connectivity index (χ1v) is 11.0. The van der Waals surface area contributed by atoms with E-state index in [2.05, 4.69) is 5.32 Å². The zero-order valence-electron chi connectivity index (χ0n) is 18.0. The van der Waals surface area contributed by atoms with Crippen LogP contribution in [0.25, 0.3) is 0 Å². The van der Waals surface area contributed by atoms with Crippen molar-refractivity contribution in [3.05, 3.63) is 70.8 Å². The van der Waals surface area contributed by atoms with Crippen LogP contribution in [0.5, 0.6) is 0 Å². The average molecular weight is 420 g/mol. The first kappa shape index (κ1) is 21.1. The number of hydrogen-bond acceptors (Lipinski definition) is 3. The average Bonchev–Trinajstić information content (AvgIpc) is 3.31. The van der Waals surface area contributed by atoms with E-state index in [-0.39, 0.29) is 17.9 Å². The Morgan fingerprint density at radius 2 is 1.68 bits per heavy atom. The molecular formula is C25H29N3O3. The molecule has 0 unspecified atom stereocenters. The van der Waals surface area contributed by atoms with E-state index in [1.807, 2.05) is 43.3 Å². The molecule has 6 heteroatoms. The lowest BCUT2D eigenvalue weighted by molar-refractivity contribution is -0.158. The van der Waals surface area contributed by atoms with Crippen molar-refractivity contribution in [1.82, 2.24) is 15.1 Å². The van der Waals surface area contributed by atoms with Crippen LogP contribution in [0.2, 0.25) is 0 Å². The Labute approximate surface area is 183 Å². The van der Waals surface area contributed by atoms with Gasteiger partial charge in [-0.1, -0.05) is 49.2 Å². The number of amides is 3. The summed E-state index contributed by atoms with van der Waals surface area (Å²) in [4.78, 5) is 41.0. The molecule has 0 radical (unpaired) electrons. The summed E-state index contributed by atoms with van der Waals surface area (Å²) in [6, 6.07) is 15.4. The van der Waals surface area contributed by atoms with Gasteiger partial charge in [-0.15, -0.1) is 0 Å². The molecule has 2 aromatic rings. The molecule has 31 heavy (non-hydrogen) atoms. The molecule has 1 N–H and O–H groups in total. The van der Waals surface area contributed by atoms with Gasteiger partial charge in [-0.25, -0.2) is 0 Å². The third-order valence-electron chi connectivity index (χ3n) is 6.40. The highest BCUT2D eigenvalue weighted by Crippen LogP contribution is 2.25. The number of carbonyl (C=O) groups excluding carboxylic acids is 3. The minimum absolute atomic E-state index is 0.133. The number of piperazine rings is 1. The van der Waals surface area contributed by atoms with Crippen LogP contribution < -0.4 is 5.32 Å². The molecule has 162 valence electrons. The predicted octanol–water partition coefficient (Wildman–Crippen LogP) is 3.04. The SMILES string of the molecule is Cc1ccccc1CNC(=O)c1ccc(CN2CCN(C3CCCC3)C(=O)C2=O)cc1. The first-order valence-electron chi connectivity index (χ1n) is 11.0. The molecule has 1 aliphatic carbocycles. The highest BCUT2D eigenvalue weighted by Gasteiger charge is 2.37. The van der Waals surface area contributed by atoms with Gasteiger partial charge in [0.15, 0.2) is 0 Å². The fourth-order valence-corrected chi connectivity index (χ4v) is 4.47. The van der Waals surface area contributed by atoms with E-state index in [4.69, 9.17) is 0 Å². The summed E-state index contributed by atoms with van der Waals surface area (Å²) < 4.78 is 0. The summed E-state index contributed by atoms with van der Waals surface area (Å²) in [5.41, 5.74) is 3.72. The quantitative estimate of drug-likeness (QED) is 0.732. The second-order valence-corrected chi connectivity index (χ2v) is 8.47. The van der Waals surface area contributed by atoms with E-state index >= 15 is 0 Å². The molecule has 2 aliphatic rings. The molecule has 1 saturated carbocycles. The van der Waals surface area contributed by atoms with Crippen LogP contribution in [0.3, 0.4) is 0 Å². The minimum Gasteiger partial charge on any atom is -0.348 e. The zero-order valence-corrected chi connectivity index (χ0v) is 18.0. The summed E-state index contributed by atoms with van der Waals surface area (Å²) in [6.07, 6.45) is 4.28. The first-order chi connectivity index (χ1) is 15.0.